The van der Waals surface area contributed by atoms with Crippen molar-refractivity contribution < 1.29 is 9.90 Å². The number of aliphatic hydroxyl groups is 1. The summed E-state index contributed by atoms with van der Waals surface area (Å²) in [4.78, 5) is 16.4. The Kier molecular flexibility index (Phi) is 6.64. The van der Waals surface area contributed by atoms with E-state index in [1.807, 2.05) is 24.3 Å². The normalized spacial score (nSPS) is 18.1. The molecule has 2 rings (SSSR count). The third kappa shape index (κ3) is 5.57. The average Bonchev–Trinajstić information content (AvgIpc) is 2.48. The molecule has 0 unspecified atom stereocenters. The smallest absolute Gasteiger partial charge is 0.234 e. The summed E-state index contributed by atoms with van der Waals surface area (Å²) >= 11 is 6.07. The minimum atomic E-state index is -0.300. The first-order valence-electron chi connectivity index (χ1n) is 7.67. The van der Waals surface area contributed by atoms with Crippen molar-refractivity contribution in [2.75, 3.05) is 39.3 Å². The van der Waals surface area contributed by atoms with E-state index in [1.54, 1.807) is 6.92 Å². The van der Waals surface area contributed by atoms with E-state index < -0.39 is 0 Å². The van der Waals surface area contributed by atoms with Gasteiger partial charge in [-0.2, -0.15) is 0 Å². The van der Waals surface area contributed by atoms with Gasteiger partial charge in [-0.1, -0.05) is 29.8 Å². The summed E-state index contributed by atoms with van der Waals surface area (Å²) in [5, 5.41) is 13.0. The Morgan fingerprint density at radius 3 is 2.55 bits per heavy atom. The maximum Gasteiger partial charge on any atom is 0.234 e. The summed E-state index contributed by atoms with van der Waals surface area (Å²) in [5.74, 6) is 0.0175. The first-order chi connectivity index (χ1) is 10.5. The Labute approximate surface area is 136 Å². The van der Waals surface area contributed by atoms with Crippen molar-refractivity contribution in [3.8, 4) is 0 Å². The molecule has 0 radical (unpaired) electrons. The molecule has 0 bridgehead atoms. The first-order valence-corrected chi connectivity index (χ1v) is 8.05. The number of hydrogen-bond donors (Lipinski definition) is 2. The molecule has 1 amide bonds. The van der Waals surface area contributed by atoms with Crippen molar-refractivity contribution >= 4 is 17.5 Å². The highest BCUT2D eigenvalue weighted by Gasteiger charge is 2.19. The number of nitrogens with zero attached hydrogens (tertiary/aromatic N) is 2. The lowest BCUT2D eigenvalue weighted by atomic mass is 10.2. The zero-order valence-corrected chi connectivity index (χ0v) is 13.7. The second-order valence-electron chi connectivity index (χ2n) is 5.79. The Morgan fingerprint density at radius 2 is 1.91 bits per heavy atom. The number of aliphatic hydroxyl groups excluding tert-OH is 1. The van der Waals surface area contributed by atoms with Gasteiger partial charge in [-0.3, -0.25) is 14.6 Å². The standard InChI is InChI=1S/C16H24ClN3O2/c1-13(21)11-19-6-8-20(9-7-19)12-16(22)18-10-14-4-2-3-5-15(14)17/h2-5,13,21H,6-12H2,1H3,(H,18,22)/t13-/m1/s1. The number of β-amino-alcohol motifs (C(OH)–C–C–N with tert-alkyl or cyclic N) is 1. The van der Waals surface area contributed by atoms with E-state index in [1.165, 1.54) is 0 Å². The molecule has 22 heavy (non-hydrogen) atoms. The van der Waals surface area contributed by atoms with E-state index in [9.17, 15) is 9.90 Å². The van der Waals surface area contributed by atoms with Crippen LogP contribution in [0.15, 0.2) is 24.3 Å². The monoisotopic (exact) mass is 325 g/mol. The van der Waals surface area contributed by atoms with Crippen LogP contribution in [-0.4, -0.2) is 66.2 Å². The van der Waals surface area contributed by atoms with E-state index >= 15 is 0 Å². The molecular weight excluding hydrogens is 302 g/mol. The summed E-state index contributed by atoms with van der Waals surface area (Å²) in [6.07, 6.45) is -0.300. The van der Waals surface area contributed by atoms with Crippen molar-refractivity contribution in [2.24, 2.45) is 0 Å². The molecule has 1 aliphatic rings. The third-order valence-electron chi connectivity index (χ3n) is 3.79. The van der Waals surface area contributed by atoms with Crippen LogP contribution in [0, 0.1) is 0 Å². The number of carbonyl (C=O) groups excluding carboxylic acids is 1. The van der Waals surface area contributed by atoms with Gasteiger partial charge in [0, 0.05) is 44.3 Å². The Bertz CT molecular complexity index is 488. The molecule has 0 aliphatic carbocycles. The summed E-state index contributed by atoms with van der Waals surface area (Å²) in [7, 11) is 0. The van der Waals surface area contributed by atoms with Crippen LogP contribution in [0.5, 0.6) is 0 Å². The minimum Gasteiger partial charge on any atom is -0.392 e. The number of piperazine rings is 1. The van der Waals surface area contributed by atoms with Crippen molar-refractivity contribution in [1.29, 1.82) is 0 Å². The fourth-order valence-corrected chi connectivity index (χ4v) is 2.80. The molecule has 1 aromatic rings. The molecule has 122 valence electrons. The maximum atomic E-state index is 12.0. The van der Waals surface area contributed by atoms with Gasteiger partial charge in [0.2, 0.25) is 5.91 Å². The lowest BCUT2D eigenvalue weighted by Gasteiger charge is -2.34. The number of amides is 1. The average molecular weight is 326 g/mol. The van der Waals surface area contributed by atoms with Crippen molar-refractivity contribution in [3.05, 3.63) is 34.9 Å². The van der Waals surface area contributed by atoms with Gasteiger partial charge in [-0.15, -0.1) is 0 Å². The molecule has 1 heterocycles. The quantitative estimate of drug-likeness (QED) is 0.818. The molecule has 0 spiro atoms. The van der Waals surface area contributed by atoms with Crippen LogP contribution in [0.2, 0.25) is 5.02 Å². The van der Waals surface area contributed by atoms with Gasteiger partial charge < -0.3 is 10.4 Å². The molecule has 1 atom stereocenters. The van der Waals surface area contributed by atoms with Crippen LogP contribution in [0.1, 0.15) is 12.5 Å². The Morgan fingerprint density at radius 1 is 1.27 bits per heavy atom. The summed E-state index contributed by atoms with van der Waals surface area (Å²) in [6, 6.07) is 7.52. The number of benzene rings is 1. The maximum absolute atomic E-state index is 12.0. The zero-order valence-electron chi connectivity index (χ0n) is 13.0. The second kappa shape index (κ2) is 8.48. The highest BCUT2D eigenvalue weighted by atomic mass is 35.5. The van der Waals surface area contributed by atoms with Gasteiger partial charge in [0.1, 0.15) is 0 Å². The van der Waals surface area contributed by atoms with E-state index in [0.717, 1.165) is 31.7 Å². The van der Waals surface area contributed by atoms with Gasteiger partial charge in [-0.25, -0.2) is 0 Å². The van der Waals surface area contributed by atoms with Crippen LogP contribution in [0.3, 0.4) is 0 Å². The number of hydrogen-bond acceptors (Lipinski definition) is 4. The van der Waals surface area contributed by atoms with Crippen LogP contribution in [0.25, 0.3) is 0 Å². The molecular formula is C16H24ClN3O2. The van der Waals surface area contributed by atoms with Crippen LogP contribution < -0.4 is 5.32 Å². The van der Waals surface area contributed by atoms with E-state index in [0.29, 0.717) is 24.7 Å². The van der Waals surface area contributed by atoms with E-state index in [4.69, 9.17) is 11.6 Å². The van der Waals surface area contributed by atoms with Gasteiger partial charge in [0.05, 0.1) is 12.6 Å². The molecule has 1 aliphatic heterocycles. The number of rotatable bonds is 6. The van der Waals surface area contributed by atoms with Crippen LogP contribution in [-0.2, 0) is 11.3 Å². The SMILES string of the molecule is C[C@@H](O)CN1CCN(CC(=O)NCc2ccccc2Cl)CC1. The topological polar surface area (TPSA) is 55.8 Å². The van der Waals surface area contributed by atoms with Gasteiger partial charge in [-0.05, 0) is 18.6 Å². The molecule has 1 saturated heterocycles. The Balaban J connectivity index is 1.69. The highest BCUT2D eigenvalue weighted by Crippen LogP contribution is 2.14. The fourth-order valence-electron chi connectivity index (χ4n) is 2.60. The predicted octanol–water partition coefficient (Wildman–Crippen LogP) is 0.955. The molecule has 6 heteroatoms. The van der Waals surface area contributed by atoms with Crippen molar-refractivity contribution in [1.82, 2.24) is 15.1 Å². The third-order valence-corrected chi connectivity index (χ3v) is 4.16. The number of nitrogens with one attached hydrogen (secondary N) is 1. The molecule has 0 saturated carbocycles. The van der Waals surface area contributed by atoms with Gasteiger partial charge >= 0.3 is 0 Å². The second-order valence-corrected chi connectivity index (χ2v) is 6.20. The van der Waals surface area contributed by atoms with Crippen molar-refractivity contribution in [3.63, 3.8) is 0 Å². The predicted molar refractivity (Wildman–Crippen MR) is 87.9 cm³/mol. The van der Waals surface area contributed by atoms with Crippen LogP contribution >= 0.6 is 11.6 Å². The molecule has 1 aromatic carbocycles. The van der Waals surface area contributed by atoms with Gasteiger partial charge in [0.15, 0.2) is 0 Å². The summed E-state index contributed by atoms with van der Waals surface area (Å²) in [5.41, 5.74) is 0.930. The lowest BCUT2D eigenvalue weighted by molar-refractivity contribution is -0.122. The largest absolute Gasteiger partial charge is 0.392 e. The van der Waals surface area contributed by atoms with Crippen LogP contribution in [0.4, 0.5) is 0 Å². The number of halogens is 1. The Hall–Kier alpha value is -1.14. The molecule has 2 N–H and O–H groups in total. The summed E-state index contributed by atoms with van der Waals surface area (Å²) < 4.78 is 0. The zero-order chi connectivity index (χ0) is 15.9. The lowest BCUT2D eigenvalue weighted by Crippen LogP contribution is -2.50. The van der Waals surface area contributed by atoms with E-state index in [2.05, 4.69) is 15.1 Å². The van der Waals surface area contributed by atoms with Crippen molar-refractivity contribution in [2.45, 2.75) is 19.6 Å². The van der Waals surface area contributed by atoms with Gasteiger partial charge in [0.25, 0.3) is 0 Å². The molecule has 5 nitrogen and oxygen atoms in total. The first kappa shape index (κ1) is 17.2. The fraction of sp³-hybridized carbons (Fsp3) is 0.562. The molecule has 1 fully saturated rings. The van der Waals surface area contributed by atoms with E-state index in [-0.39, 0.29) is 12.0 Å². The summed E-state index contributed by atoms with van der Waals surface area (Å²) in [6.45, 7) is 6.86. The number of carbonyl (C=O) groups is 1. The molecule has 0 aromatic heterocycles. The highest BCUT2D eigenvalue weighted by molar-refractivity contribution is 6.31. The minimum absolute atomic E-state index is 0.0175.